The van der Waals surface area contributed by atoms with Gasteiger partial charge in [0.2, 0.25) is 0 Å². The molecule has 3 saturated carbocycles. The molecule has 1 unspecified atom stereocenters. The van der Waals surface area contributed by atoms with Crippen LogP contribution in [0, 0.1) is 22.2 Å². The van der Waals surface area contributed by atoms with E-state index >= 15 is 0 Å². The van der Waals surface area contributed by atoms with Gasteiger partial charge in [-0.2, -0.15) is 0 Å². The average molecular weight is 833 g/mol. The molecule has 0 aliphatic heterocycles. The number of hydrogen-bond acceptors (Lipinski definition) is 0. The van der Waals surface area contributed by atoms with Crippen LogP contribution in [0.15, 0.2) is 0 Å². The van der Waals surface area contributed by atoms with E-state index in [1.54, 1.807) is 0 Å². The average Bonchev–Trinajstić information content (AvgIpc) is 2.89. The van der Waals surface area contributed by atoms with Gasteiger partial charge in [0.1, 0.15) is 33.9 Å². The van der Waals surface area contributed by atoms with E-state index in [2.05, 4.69) is 0 Å². The van der Waals surface area contributed by atoms with Crippen LogP contribution in [0.25, 0.3) is 0 Å². The molecule has 14 heteroatoms. The molecular weight excluding hydrogens is 797 g/mol. The number of halogens is 14. The van der Waals surface area contributed by atoms with Crippen LogP contribution in [-0.2, 0) is 0 Å². The third kappa shape index (κ3) is 9.11. The summed E-state index contributed by atoms with van der Waals surface area (Å²) in [6.07, 6.45) is 18.4. The van der Waals surface area contributed by atoms with Gasteiger partial charge < -0.3 is 0 Å². The van der Waals surface area contributed by atoms with Gasteiger partial charge in [-0.1, -0.05) is 77.0 Å². The number of hydrogen-bond donors (Lipinski definition) is 0. The third-order valence-electron chi connectivity index (χ3n) is 8.46. The number of alkyl halides is 14. The van der Waals surface area contributed by atoms with E-state index in [0.29, 0.717) is 0 Å². The van der Waals surface area contributed by atoms with Crippen molar-refractivity contribution in [3.05, 3.63) is 0 Å². The zero-order valence-corrected chi connectivity index (χ0v) is 31.9. The van der Waals surface area contributed by atoms with Crippen molar-refractivity contribution in [3.63, 3.8) is 0 Å². The lowest BCUT2D eigenvalue weighted by Gasteiger charge is -2.69. The molecule has 0 aromatic rings. The van der Waals surface area contributed by atoms with E-state index in [0.717, 1.165) is 0 Å². The fraction of sp³-hybridized carbons (Fsp3) is 1.00. The predicted octanol–water partition coefficient (Wildman–Crippen LogP) is 14.7. The largest absolute Gasteiger partial charge is 0.117 e. The topological polar surface area (TPSA) is 0 Å². The normalized spacial score (nSPS) is 24.7. The van der Waals surface area contributed by atoms with Gasteiger partial charge in [-0.25, -0.2) is 0 Å². The highest BCUT2D eigenvalue weighted by atomic mass is 35.6. The van der Waals surface area contributed by atoms with Crippen LogP contribution >= 0.6 is 162 Å². The molecule has 0 spiro atoms. The predicted molar refractivity (Wildman–Crippen MR) is 184 cm³/mol. The monoisotopic (exact) mass is 826 g/mol. The summed E-state index contributed by atoms with van der Waals surface area (Å²) < 4.78 is 0. The lowest BCUT2D eigenvalue weighted by Crippen LogP contribution is -2.74. The lowest BCUT2D eigenvalue weighted by molar-refractivity contribution is -0.120. The Labute approximate surface area is 305 Å². The van der Waals surface area contributed by atoms with E-state index in [4.69, 9.17) is 162 Å². The van der Waals surface area contributed by atoms with Crippen LogP contribution in [0.2, 0.25) is 0 Å². The molecule has 234 valence electrons. The van der Waals surface area contributed by atoms with Gasteiger partial charge in [0, 0.05) is 16.7 Å². The summed E-state index contributed by atoms with van der Waals surface area (Å²) in [5.41, 5.74) is -5.04. The molecule has 0 aromatic heterocycles. The Bertz CT molecular complexity index is 600. The Morgan fingerprint density at radius 2 is 0.667 bits per heavy atom. The van der Waals surface area contributed by atoms with Crippen LogP contribution in [0.5, 0.6) is 0 Å². The molecule has 0 aromatic carbocycles. The molecule has 0 heterocycles. The second kappa shape index (κ2) is 19.7. The summed E-state index contributed by atoms with van der Waals surface area (Å²) in [6.45, 7) is 0. The fourth-order valence-electron chi connectivity index (χ4n) is 6.34. The summed E-state index contributed by atoms with van der Waals surface area (Å²) in [6, 6.07) is 0. The fourth-order valence-corrected chi connectivity index (χ4v) is 13.4. The van der Waals surface area contributed by atoms with Crippen LogP contribution < -0.4 is 0 Å². The second-order valence-corrected chi connectivity index (χ2v) is 18.1. The molecule has 0 nitrogen and oxygen atoms in total. The van der Waals surface area contributed by atoms with E-state index in [9.17, 15) is 0 Å². The van der Waals surface area contributed by atoms with Gasteiger partial charge in [0.05, 0.1) is 5.41 Å². The highest BCUT2D eigenvalue weighted by Gasteiger charge is 2.80. The maximum Gasteiger partial charge on any atom is 0.117 e. The minimum absolute atomic E-state index is 0.136. The van der Waals surface area contributed by atoms with Crippen LogP contribution in [-0.4, -0.2) is 33.9 Å². The van der Waals surface area contributed by atoms with E-state index in [1.807, 2.05) is 0 Å². The molecule has 1 atom stereocenters. The van der Waals surface area contributed by atoms with E-state index < -0.39 is 56.0 Å². The van der Waals surface area contributed by atoms with E-state index in [-0.39, 0.29) is 12.8 Å². The molecule has 3 aliphatic carbocycles. The highest BCUT2D eigenvalue weighted by Crippen LogP contribution is 2.77. The van der Waals surface area contributed by atoms with Crippen molar-refractivity contribution in [2.75, 3.05) is 0 Å². The van der Waals surface area contributed by atoms with Crippen molar-refractivity contribution in [3.8, 4) is 0 Å². The Morgan fingerprint density at radius 1 is 0.385 bits per heavy atom. The quantitative estimate of drug-likeness (QED) is 0.224. The molecule has 0 radical (unpaired) electrons. The SMILES string of the molecule is C1CCCCC1.C1CCCCC1.ClC(Cl)C1CCC(C(Cl)Cl)(C(Cl)Cl)C(C(Cl)Cl)(C(Cl)Cl)C1(C(Cl)Cl)C(Cl)Cl. The van der Waals surface area contributed by atoms with Gasteiger partial charge in [0.15, 0.2) is 0 Å². The van der Waals surface area contributed by atoms with Crippen molar-refractivity contribution in [2.24, 2.45) is 22.2 Å². The molecule has 0 bridgehead atoms. The van der Waals surface area contributed by atoms with Crippen molar-refractivity contribution in [1.82, 2.24) is 0 Å². The molecule has 0 saturated heterocycles. The molecule has 39 heavy (non-hydrogen) atoms. The van der Waals surface area contributed by atoms with Gasteiger partial charge in [0.25, 0.3) is 0 Å². The third-order valence-corrected chi connectivity index (χ3v) is 13.4. The first-order valence-corrected chi connectivity index (χ1v) is 19.3. The first-order valence-electron chi connectivity index (χ1n) is 13.2. The maximum absolute atomic E-state index is 6.46. The van der Waals surface area contributed by atoms with Crippen molar-refractivity contribution in [2.45, 2.75) is 124 Å². The van der Waals surface area contributed by atoms with Gasteiger partial charge in [-0.05, 0) is 12.8 Å². The minimum Gasteiger partial charge on any atom is -0.105 e. The molecule has 0 amide bonds. The van der Waals surface area contributed by atoms with Crippen LogP contribution in [0.1, 0.15) is 89.9 Å². The summed E-state index contributed by atoms with van der Waals surface area (Å²) in [5.74, 6) is -0.756. The van der Waals surface area contributed by atoms with Gasteiger partial charge >= 0.3 is 0 Å². The minimum atomic E-state index is -1.82. The van der Waals surface area contributed by atoms with Gasteiger partial charge in [-0.3, -0.25) is 0 Å². The van der Waals surface area contributed by atoms with Gasteiger partial charge in [-0.15, -0.1) is 162 Å². The zero-order chi connectivity index (χ0) is 30.0. The lowest BCUT2D eigenvalue weighted by atomic mass is 9.44. The van der Waals surface area contributed by atoms with Crippen molar-refractivity contribution >= 4 is 162 Å². The first-order chi connectivity index (χ1) is 18.2. The van der Waals surface area contributed by atoms with E-state index in [1.165, 1.54) is 77.0 Å². The highest BCUT2D eigenvalue weighted by molar-refractivity contribution is 6.54. The maximum atomic E-state index is 6.46. The molecule has 3 rings (SSSR count). The summed E-state index contributed by atoms with van der Waals surface area (Å²) in [4.78, 5) is -9.14. The Morgan fingerprint density at radius 3 is 0.846 bits per heavy atom. The molecule has 3 aliphatic rings. The summed E-state index contributed by atoms with van der Waals surface area (Å²) >= 11 is 89.5. The summed E-state index contributed by atoms with van der Waals surface area (Å²) in [5, 5.41) is 0. The van der Waals surface area contributed by atoms with Crippen LogP contribution in [0.3, 0.4) is 0 Å². The second-order valence-electron chi connectivity index (χ2n) is 10.4. The Kier molecular flexibility index (Phi) is 20.7. The Hall–Kier alpha value is 4.06. The zero-order valence-electron chi connectivity index (χ0n) is 21.3. The smallest absolute Gasteiger partial charge is 0.105 e. The van der Waals surface area contributed by atoms with Crippen molar-refractivity contribution < 1.29 is 0 Å². The Balaban J connectivity index is 0.000000510. The standard InChI is InChI=1S/C13H12Cl14.2C6H12/c14-4(15)3-1-2-11(5(16)17,6(18)19)13(9(24)25,10(26)27)12(3,7(20)21)8(22)23;2*1-2-4-6-5-3-1/h3-10H,1-2H2;2*1-6H2. The molecule has 0 N–H and O–H groups in total. The number of rotatable bonds is 7. The van der Waals surface area contributed by atoms with Crippen LogP contribution in [0.4, 0.5) is 0 Å². The molecule has 3 fully saturated rings. The first kappa shape index (κ1) is 41.1. The van der Waals surface area contributed by atoms with Crippen molar-refractivity contribution in [1.29, 1.82) is 0 Å². The summed E-state index contributed by atoms with van der Waals surface area (Å²) in [7, 11) is 0. The molecular formula is C25H36Cl14.